The molecule has 3 rings (SSSR count). The zero-order valence-electron chi connectivity index (χ0n) is 20.3. The molecule has 0 saturated carbocycles. The Hall–Kier alpha value is -1.96. The Morgan fingerprint density at radius 2 is 1.78 bits per heavy atom. The molecule has 0 bridgehead atoms. The van der Waals surface area contributed by atoms with Gasteiger partial charge in [0, 0.05) is 49.5 Å². The highest BCUT2D eigenvalue weighted by molar-refractivity contribution is 7.80. The molecule has 0 unspecified atom stereocenters. The van der Waals surface area contributed by atoms with Crippen molar-refractivity contribution in [2.45, 2.75) is 40.0 Å². The number of aromatic nitrogens is 1. The van der Waals surface area contributed by atoms with Gasteiger partial charge in [0.15, 0.2) is 5.11 Å². The van der Waals surface area contributed by atoms with Gasteiger partial charge < -0.3 is 25.3 Å². The number of hydrogen-bond donors (Lipinski definition) is 2. The first kappa shape index (κ1) is 24.7. The topological polar surface area (TPSA) is 46.7 Å². The Kier molecular flexibility index (Phi) is 9.51. The van der Waals surface area contributed by atoms with Crippen LogP contribution in [-0.4, -0.2) is 79.3 Å². The Balaban J connectivity index is 1.54. The quantitative estimate of drug-likeness (QED) is 0.412. The molecule has 0 spiro atoms. The molecular weight excluding hydrogens is 416 g/mol. The number of pyridine rings is 1. The summed E-state index contributed by atoms with van der Waals surface area (Å²) in [5, 5.41) is 9.78. The lowest BCUT2D eigenvalue weighted by molar-refractivity contribution is 0.272. The highest BCUT2D eigenvalue weighted by Gasteiger charge is 2.16. The smallest absolute Gasteiger partial charge is 0.170 e. The van der Waals surface area contributed by atoms with Crippen molar-refractivity contribution in [3.8, 4) is 0 Å². The van der Waals surface area contributed by atoms with Crippen molar-refractivity contribution < 1.29 is 0 Å². The van der Waals surface area contributed by atoms with E-state index >= 15 is 0 Å². The van der Waals surface area contributed by atoms with Crippen LogP contribution in [0.3, 0.4) is 0 Å². The summed E-state index contributed by atoms with van der Waals surface area (Å²) >= 11 is 5.53. The Labute approximate surface area is 199 Å². The highest BCUT2D eigenvalue weighted by atomic mass is 32.1. The van der Waals surface area contributed by atoms with Crippen LogP contribution in [0.25, 0.3) is 10.8 Å². The van der Waals surface area contributed by atoms with Crippen LogP contribution in [0.1, 0.15) is 38.8 Å². The van der Waals surface area contributed by atoms with Gasteiger partial charge >= 0.3 is 0 Å². The SMILES string of the molecule is CCCN(CCC)CCCNC(=S)Nc1ccc2cc(N3CCN(C)CC3)nc(C)c2c1. The number of rotatable bonds is 10. The van der Waals surface area contributed by atoms with Crippen molar-refractivity contribution in [3.63, 3.8) is 0 Å². The van der Waals surface area contributed by atoms with Gasteiger partial charge in [0.1, 0.15) is 5.82 Å². The third-order valence-corrected chi connectivity index (χ3v) is 6.36. The van der Waals surface area contributed by atoms with Crippen LogP contribution < -0.4 is 15.5 Å². The second-order valence-corrected chi connectivity index (χ2v) is 9.28. The van der Waals surface area contributed by atoms with Crippen molar-refractivity contribution in [1.82, 2.24) is 20.1 Å². The molecule has 1 aliphatic rings. The van der Waals surface area contributed by atoms with Crippen LogP contribution >= 0.6 is 12.2 Å². The third-order valence-electron chi connectivity index (χ3n) is 6.11. The van der Waals surface area contributed by atoms with Gasteiger partial charge in [-0.2, -0.15) is 0 Å². The molecule has 1 aromatic carbocycles. The number of benzene rings is 1. The van der Waals surface area contributed by atoms with Crippen molar-refractivity contribution in [1.29, 1.82) is 0 Å². The standard InChI is InChI=1S/C25H40N6S/c1-5-11-30(12-6-2)13-7-10-26-25(32)28-22-9-8-21-18-24(27-20(3)23(21)19-22)31-16-14-29(4)15-17-31/h8-9,18-19H,5-7,10-17H2,1-4H3,(H2,26,28,32). The normalized spacial score (nSPS) is 14.8. The third kappa shape index (κ3) is 7.02. The predicted octanol–water partition coefficient (Wildman–Crippen LogP) is 4.09. The van der Waals surface area contributed by atoms with Crippen LogP contribution in [0.5, 0.6) is 0 Å². The fourth-order valence-corrected chi connectivity index (χ4v) is 4.54. The Morgan fingerprint density at radius 1 is 1.06 bits per heavy atom. The summed E-state index contributed by atoms with van der Waals surface area (Å²) in [5.74, 6) is 1.08. The van der Waals surface area contributed by atoms with Crippen LogP contribution in [0.2, 0.25) is 0 Å². The second-order valence-electron chi connectivity index (χ2n) is 8.87. The molecule has 176 valence electrons. The molecule has 1 fully saturated rings. The molecule has 0 aliphatic carbocycles. The minimum atomic E-state index is 0.682. The van der Waals surface area contributed by atoms with Crippen molar-refractivity contribution in [2.24, 2.45) is 0 Å². The molecule has 1 saturated heterocycles. The van der Waals surface area contributed by atoms with E-state index < -0.39 is 0 Å². The average Bonchev–Trinajstić information content (AvgIpc) is 2.78. The van der Waals surface area contributed by atoms with Gasteiger partial charge in [0.2, 0.25) is 0 Å². The molecule has 7 heteroatoms. The summed E-state index contributed by atoms with van der Waals surface area (Å²) in [4.78, 5) is 12.2. The lowest BCUT2D eigenvalue weighted by atomic mass is 10.1. The molecule has 1 aliphatic heterocycles. The van der Waals surface area contributed by atoms with E-state index in [1.807, 2.05) is 0 Å². The number of aryl methyl sites for hydroxylation is 1. The molecule has 2 N–H and O–H groups in total. The van der Waals surface area contributed by atoms with Gasteiger partial charge in [-0.25, -0.2) is 4.98 Å². The van der Waals surface area contributed by atoms with Crippen LogP contribution in [0, 0.1) is 6.92 Å². The van der Waals surface area contributed by atoms with E-state index in [1.54, 1.807) is 0 Å². The van der Waals surface area contributed by atoms with Crippen molar-refractivity contribution in [2.75, 3.05) is 69.6 Å². The maximum Gasteiger partial charge on any atom is 0.170 e. The average molecular weight is 457 g/mol. The number of likely N-dealkylation sites (N-methyl/N-ethyl adjacent to an activating group) is 1. The first-order chi connectivity index (χ1) is 15.5. The fourth-order valence-electron chi connectivity index (χ4n) is 4.32. The second kappa shape index (κ2) is 12.3. The summed E-state index contributed by atoms with van der Waals surface area (Å²) < 4.78 is 0. The van der Waals surface area contributed by atoms with Gasteiger partial charge in [0.25, 0.3) is 0 Å². The number of nitrogens with one attached hydrogen (secondary N) is 2. The molecule has 1 aromatic heterocycles. The summed E-state index contributed by atoms with van der Waals surface area (Å²) in [7, 11) is 2.18. The Bertz CT molecular complexity index is 872. The van der Waals surface area contributed by atoms with E-state index in [1.165, 1.54) is 36.7 Å². The van der Waals surface area contributed by atoms with E-state index in [0.717, 1.165) is 62.9 Å². The first-order valence-electron chi connectivity index (χ1n) is 12.1. The first-order valence-corrected chi connectivity index (χ1v) is 12.5. The minimum absolute atomic E-state index is 0.682. The number of hydrogen-bond acceptors (Lipinski definition) is 5. The molecule has 6 nitrogen and oxygen atoms in total. The highest BCUT2D eigenvalue weighted by Crippen LogP contribution is 2.26. The summed E-state index contributed by atoms with van der Waals surface area (Å²) in [6, 6.07) is 8.64. The van der Waals surface area contributed by atoms with Crippen molar-refractivity contribution in [3.05, 3.63) is 30.0 Å². The molecular formula is C25H40N6S. The van der Waals surface area contributed by atoms with E-state index in [4.69, 9.17) is 17.2 Å². The summed E-state index contributed by atoms with van der Waals surface area (Å²) in [6.07, 6.45) is 3.51. The molecule has 2 heterocycles. The van der Waals surface area contributed by atoms with E-state index in [2.05, 4.69) is 77.4 Å². The number of piperazine rings is 1. The number of nitrogens with zero attached hydrogens (tertiary/aromatic N) is 4. The predicted molar refractivity (Wildman–Crippen MR) is 142 cm³/mol. The lowest BCUT2D eigenvalue weighted by Crippen LogP contribution is -2.44. The maximum absolute atomic E-state index is 5.53. The maximum atomic E-state index is 5.53. The number of fused-ring (bicyclic) bond motifs is 1. The molecule has 0 atom stereocenters. The number of anilines is 2. The van der Waals surface area contributed by atoms with Gasteiger partial charge in [0.05, 0.1) is 0 Å². The lowest BCUT2D eigenvalue weighted by Gasteiger charge is -2.33. The van der Waals surface area contributed by atoms with Gasteiger partial charge in [-0.1, -0.05) is 19.9 Å². The largest absolute Gasteiger partial charge is 0.362 e. The molecule has 2 aromatic rings. The summed E-state index contributed by atoms with van der Waals surface area (Å²) in [6.45, 7) is 15.2. The van der Waals surface area contributed by atoms with E-state index in [0.29, 0.717) is 5.11 Å². The minimum Gasteiger partial charge on any atom is -0.362 e. The summed E-state index contributed by atoms with van der Waals surface area (Å²) in [5.41, 5.74) is 2.07. The fraction of sp³-hybridized carbons (Fsp3) is 0.600. The van der Waals surface area contributed by atoms with Gasteiger partial charge in [-0.15, -0.1) is 0 Å². The Morgan fingerprint density at radius 3 is 2.47 bits per heavy atom. The monoisotopic (exact) mass is 456 g/mol. The van der Waals surface area contributed by atoms with E-state index in [-0.39, 0.29) is 0 Å². The van der Waals surface area contributed by atoms with Crippen molar-refractivity contribution >= 4 is 39.6 Å². The zero-order valence-corrected chi connectivity index (χ0v) is 21.1. The molecule has 0 radical (unpaired) electrons. The van der Waals surface area contributed by atoms with Crippen LogP contribution in [0.4, 0.5) is 11.5 Å². The van der Waals surface area contributed by atoms with Gasteiger partial charge in [-0.05, 0) is 88.7 Å². The van der Waals surface area contributed by atoms with Crippen LogP contribution in [-0.2, 0) is 0 Å². The number of thiocarbonyl (C=S) groups is 1. The zero-order chi connectivity index (χ0) is 22.9. The molecule has 0 amide bonds. The van der Waals surface area contributed by atoms with E-state index in [9.17, 15) is 0 Å². The van der Waals surface area contributed by atoms with Gasteiger partial charge in [-0.3, -0.25) is 0 Å². The molecule has 32 heavy (non-hydrogen) atoms. The van der Waals surface area contributed by atoms with Crippen LogP contribution in [0.15, 0.2) is 24.3 Å².